The molecule has 1 aromatic heterocycles. The molecule has 0 saturated heterocycles. The van der Waals surface area contributed by atoms with Gasteiger partial charge in [0.25, 0.3) is 5.91 Å². The molecule has 0 aliphatic heterocycles. The van der Waals surface area contributed by atoms with Crippen LogP contribution in [0.1, 0.15) is 41.3 Å². The molecule has 146 valence electrons. The Hall–Kier alpha value is -2.37. The van der Waals surface area contributed by atoms with Gasteiger partial charge < -0.3 is 9.64 Å². The van der Waals surface area contributed by atoms with Crippen LogP contribution in [0.4, 0.5) is 0 Å². The molecule has 0 spiro atoms. The van der Waals surface area contributed by atoms with Crippen molar-refractivity contribution in [2.24, 2.45) is 0 Å². The fourth-order valence-electron chi connectivity index (χ4n) is 2.76. The third kappa shape index (κ3) is 5.33. The molecule has 1 heterocycles. The molecule has 1 amide bonds. The zero-order valence-corrected chi connectivity index (χ0v) is 17.5. The van der Waals surface area contributed by atoms with Crippen molar-refractivity contribution in [2.45, 2.75) is 39.5 Å². The van der Waals surface area contributed by atoms with Crippen LogP contribution >= 0.6 is 22.9 Å². The highest BCUT2D eigenvalue weighted by atomic mass is 35.5. The number of halogens is 1. The molecule has 1 unspecified atom stereocenters. The van der Waals surface area contributed by atoms with Crippen LogP contribution in [0, 0.1) is 0 Å². The Bertz CT molecular complexity index is 914. The van der Waals surface area contributed by atoms with Crippen molar-refractivity contribution in [3.63, 3.8) is 0 Å². The SMILES string of the molecule is CCC(C)N(Cc1csc(COc2cccc(Cl)c2)n1)C(=O)c1ccccc1. The number of hydrogen-bond donors (Lipinski definition) is 0. The van der Waals surface area contributed by atoms with Gasteiger partial charge in [0.1, 0.15) is 17.4 Å². The van der Waals surface area contributed by atoms with Crippen LogP contribution in [0.25, 0.3) is 0 Å². The zero-order valence-electron chi connectivity index (χ0n) is 16.0. The molecule has 6 heteroatoms. The number of rotatable bonds is 8. The second-order valence-electron chi connectivity index (χ2n) is 6.53. The standard InChI is InChI=1S/C22H23ClN2O2S/c1-3-16(2)25(22(26)17-8-5-4-6-9-17)13-19-15-28-21(24-19)14-27-20-11-7-10-18(23)12-20/h4-12,15-16H,3,13-14H2,1-2H3. The highest BCUT2D eigenvalue weighted by molar-refractivity contribution is 7.09. The minimum atomic E-state index is 0.0275. The first-order valence-corrected chi connectivity index (χ1v) is 10.5. The van der Waals surface area contributed by atoms with Crippen molar-refractivity contribution in [1.82, 2.24) is 9.88 Å². The maximum atomic E-state index is 13.0. The van der Waals surface area contributed by atoms with Crippen LogP contribution in [0.15, 0.2) is 60.0 Å². The number of thiazole rings is 1. The van der Waals surface area contributed by atoms with Gasteiger partial charge in [0, 0.05) is 22.0 Å². The Morgan fingerprint density at radius 3 is 2.71 bits per heavy atom. The Morgan fingerprint density at radius 2 is 2.00 bits per heavy atom. The average Bonchev–Trinajstić information content (AvgIpc) is 3.18. The van der Waals surface area contributed by atoms with Crippen LogP contribution in [0.2, 0.25) is 5.02 Å². The van der Waals surface area contributed by atoms with Gasteiger partial charge in [-0.25, -0.2) is 4.98 Å². The van der Waals surface area contributed by atoms with Gasteiger partial charge in [0.05, 0.1) is 12.2 Å². The maximum absolute atomic E-state index is 13.0. The summed E-state index contributed by atoms with van der Waals surface area (Å²) in [7, 11) is 0. The first-order chi connectivity index (χ1) is 13.6. The van der Waals surface area contributed by atoms with Gasteiger partial charge in [0.2, 0.25) is 0 Å². The van der Waals surface area contributed by atoms with Crippen LogP contribution in [-0.2, 0) is 13.2 Å². The van der Waals surface area contributed by atoms with Crippen molar-refractivity contribution >= 4 is 28.8 Å². The summed E-state index contributed by atoms with van der Waals surface area (Å²) in [6.45, 7) is 5.01. The smallest absolute Gasteiger partial charge is 0.254 e. The molecular weight excluding hydrogens is 392 g/mol. The lowest BCUT2D eigenvalue weighted by atomic mass is 10.1. The predicted octanol–water partition coefficient (Wildman–Crippen LogP) is 5.82. The van der Waals surface area contributed by atoms with Crippen molar-refractivity contribution in [3.8, 4) is 5.75 Å². The first-order valence-electron chi connectivity index (χ1n) is 9.24. The summed E-state index contributed by atoms with van der Waals surface area (Å²) >= 11 is 7.52. The van der Waals surface area contributed by atoms with E-state index in [2.05, 4.69) is 18.8 Å². The molecule has 1 atom stereocenters. The van der Waals surface area contributed by atoms with Gasteiger partial charge >= 0.3 is 0 Å². The molecule has 3 aromatic rings. The molecule has 0 radical (unpaired) electrons. The van der Waals surface area contributed by atoms with E-state index >= 15 is 0 Å². The van der Waals surface area contributed by atoms with E-state index in [0.29, 0.717) is 29.5 Å². The summed E-state index contributed by atoms with van der Waals surface area (Å²) in [6.07, 6.45) is 0.882. The predicted molar refractivity (Wildman–Crippen MR) is 114 cm³/mol. The lowest BCUT2D eigenvalue weighted by molar-refractivity contribution is 0.0669. The van der Waals surface area contributed by atoms with Gasteiger partial charge in [-0.1, -0.05) is 42.8 Å². The van der Waals surface area contributed by atoms with Crippen LogP contribution in [-0.4, -0.2) is 21.8 Å². The summed E-state index contributed by atoms with van der Waals surface area (Å²) in [6, 6.07) is 16.8. The van der Waals surface area contributed by atoms with E-state index in [-0.39, 0.29) is 11.9 Å². The largest absolute Gasteiger partial charge is 0.486 e. The number of hydrogen-bond acceptors (Lipinski definition) is 4. The van der Waals surface area contributed by atoms with E-state index in [1.807, 2.05) is 58.8 Å². The molecule has 4 nitrogen and oxygen atoms in total. The molecule has 28 heavy (non-hydrogen) atoms. The third-order valence-corrected chi connectivity index (χ3v) is 5.60. The van der Waals surface area contributed by atoms with Gasteiger partial charge in [0.15, 0.2) is 0 Å². The van der Waals surface area contributed by atoms with Gasteiger partial charge in [-0.2, -0.15) is 0 Å². The summed E-state index contributed by atoms with van der Waals surface area (Å²) in [5, 5.41) is 3.50. The van der Waals surface area contributed by atoms with Crippen molar-refractivity contribution in [3.05, 3.63) is 81.3 Å². The second kappa shape index (κ2) is 9.71. The summed E-state index contributed by atoms with van der Waals surface area (Å²) in [5.41, 5.74) is 1.57. The molecule has 0 aliphatic rings. The van der Waals surface area contributed by atoms with E-state index in [9.17, 15) is 4.79 Å². The van der Waals surface area contributed by atoms with Crippen LogP contribution < -0.4 is 4.74 Å². The average molecular weight is 415 g/mol. The quantitative estimate of drug-likeness (QED) is 0.466. The Balaban J connectivity index is 1.67. The maximum Gasteiger partial charge on any atom is 0.254 e. The Kier molecular flexibility index (Phi) is 7.06. The fourth-order valence-corrected chi connectivity index (χ4v) is 3.64. The van der Waals surface area contributed by atoms with E-state index in [1.54, 1.807) is 6.07 Å². The monoisotopic (exact) mass is 414 g/mol. The van der Waals surface area contributed by atoms with Crippen LogP contribution in [0.3, 0.4) is 0 Å². The molecule has 0 bridgehead atoms. The number of benzene rings is 2. The highest BCUT2D eigenvalue weighted by Crippen LogP contribution is 2.21. The Labute approximate surface area is 174 Å². The number of amides is 1. The van der Waals surface area contributed by atoms with Crippen molar-refractivity contribution in [1.29, 1.82) is 0 Å². The Morgan fingerprint density at radius 1 is 1.21 bits per heavy atom. The summed E-state index contributed by atoms with van der Waals surface area (Å²) in [5.74, 6) is 0.740. The lowest BCUT2D eigenvalue weighted by Gasteiger charge is -2.28. The number of carbonyl (C=O) groups excluding carboxylic acids is 1. The summed E-state index contributed by atoms with van der Waals surface area (Å²) < 4.78 is 5.76. The van der Waals surface area contributed by atoms with E-state index in [1.165, 1.54) is 11.3 Å². The van der Waals surface area contributed by atoms with Gasteiger partial charge in [-0.15, -0.1) is 11.3 Å². The van der Waals surface area contributed by atoms with Crippen LogP contribution in [0.5, 0.6) is 5.75 Å². The van der Waals surface area contributed by atoms with E-state index in [0.717, 1.165) is 17.1 Å². The minimum absolute atomic E-state index is 0.0275. The van der Waals surface area contributed by atoms with Gasteiger partial charge in [-0.3, -0.25) is 4.79 Å². The highest BCUT2D eigenvalue weighted by Gasteiger charge is 2.21. The fraction of sp³-hybridized carbons (Fsp3) is 0.273. The number of aromatic nitrogens is 1. The number of carbonyl (C=O) groups is 1. The second-order valence-corrected chi connectivity index (χ2v) is 7.91. The van der Waals surface area contributed by atoms with Crippen molar-refractivity contribution < 1.29 is 9.53 Å². The van der Waals surface area contributed by atoms with E-state index < -0.39 is 0 Å². The summed E-state index contributed by atoms with van der Waals surface area (Å²) in [4.78, 5) is 19.5. The van der Waals surface area contributed by atoms with Gasteiger partial charge in [-0.05, 0) is 43.7 Å². The topological polar surface area (TPSA) is 42.4 Å². The third-order valence-electron chi connectivity index (χ3n) is 4.49. The van der Waals surface area contributed by atoms with Crippen molar-refractivity contribution in [2.75, 3.05) is 0 Å². The zero-order chi connectivity index (χ0) is 19.9. The van der Waals surface area contributed by atoms with E-state index in [4.69, 9.17) is 16.3 Å². The number of nitrogens with zero attached hydrogens (tertiary/aromatic N) is 2. The lowest BCUT2D eigenvalue weighted by Crippen LogP contribution is -2.37. The first kappa shape index (κ1) is 20.4. The molecule has 0 fully saturated rings. The normalized spacial score (nSPS) is 11.8. The number of ether oxygens (including phenoxy) is 1. The minimum Gasteiger partial charge on any atom is -0.486 e. The molecule has 0 aliphatic carbocycles. The molecule has 0 saturated carbocycles. The molecule has 2 aromatic carbocycles. The molecule has 0 N–H and O–H groups in total. The molecular formula is C22H23ClN2O2S. The molecule has 3 rings (SSSR count).